The van der Waals surface area contributed by atoms with Gasteiger partial charge in [-0.1, -0.05) is 12.2 Å². The van der Waals surface area contributed by atoms with Gasteiger partial charge in [0.1, 0.15) is 5.75 Å². The molecule has 122 valence electrons. The number of methoxy groups -OCH3 is 1. The van der Waals surface area contributed by atoms with Gasteiger partial charge in [0.15, 0.2) is 0 Å². The fourth-order valence-corrected chi connectivity index (χ4v) is 1.77. The molecule has 0 aliphatic rings. The molecule has 0 aromatic heterocycles. The summed E-state index contributed by atoms with van der Waals surface area (Å²) in [6, 6.07) is 3.66. The molecule has 0 aliphatic heterocycles. The Bertz CT molecular complexity index is 632. The average Bonchev–Trinajstić information content (AvgIpc) is 2.54. The van der Waals surface area contributed by atoms with Gasteiger partial charge in [-0.2, -0.15) is 0 Å². The van der Waals surface area contributed by atoms with Gasteiger partial charge in [-0.25, -0.2) is 0 Å². The van der Waals surface area contributed by atoms with Crippen LogP contribution in [0, 0.1) is 10.1 Å². The highest BCUT2D eigenvalue weighted by Crippen LogP contribution is 2.28. The maximum atomic E-state index is 12.1. The Labute approximate surface area is 133 Å². The molecule has 23 heavy (non-hydrogen) atoms. The standard InChI is InChI=1S/C15H17N3O5/c1-4-8-17(9-5-2)15(20)14(19)16-12-7-6-11(18(21)22)10-13(12)23-3/h4-7,10H,1-2,8-9H2,3H3,(H,16,19). The maximum absolute atomic E-state index is 12.1. The van der Waals surface area contributed by atoms with Crippen LogP contribution in [0.2, 0.25) is 0 Å². The van der Waals surface area contributed by atoms with Gasteiger partial charge in [-0.3, -0.25) is 19.7 Å². The molecule has 1 aromatic carbocycles. The van der Waals surface area contributed by atoms with E-state index in [0.717, 1.165) is 6.07 Å². The minimum Gasteiger partial charge on any atom is -0.494 e. The summed E-state index contributed by atoms with van der Waals surface area (Å²) >= 11 is 0. The number of rotatable bonds is 7. The highest BCUT2D eigenvalue weighted by atomic mass is 16.6. The largest absolute Gasteiger partial charge is 0.494 e. The monoisotopic (exact) mass is 319 g/mol. The number of amides is 2. The average molecular weight is 319 g/mol. The van der Waals surface area contributed by atoms with Gasteiger partial charge >= 0.3 is 11.8 Å². The Kier molecular flexibility index (Phi) is 6.47. The normalized spacial score (nSPS) is 9.61. The number of nitro benzene ring substituents is 1. The zero-order valence-electron chi connectivity index (χ0n) is 12.7. The lowest BCUT2D eigenvalue weighted by atomic mass is 10.2. The van der Waals surface area contributed by atoms with Crippen LogP contribution in [-0.2, 0) is 9.59 Å². The molecule has 1 rings (SSSR count). The summed E-state index contributed by atoms with van der Waals surface area (Å²) < 4.78 is 5.00. The van der Waals surface area contributed by atoms with Gasteiger partial charge in [-0.15, -0.1) is 13.2 Å². The molecule has 0 spiro atoms. The summed E-state index contributed by atoms with van der Waals surface area (Å²) in [6.45, 7) is 7.42. The summed E-state index contributed by atoms with van der Waals surface area (Å²) in [7, 11) is 1.30. The van der Waals surface area contributed by atoms with Gasteiger partial charge in [0.05, 0.1) is 23.8 Å². The molecule has 1 aromatic rings. The molecular weight excluding hydrogens is 302 g/mol. The third-order valence-corrected chi connectivity index (χ3v) is 2.82. The molecule has 0 aliphatic carbocycles. The van der Waals surface area contributed by atoms with Crippen molar-refractivity contribution in [3.05, 3.63) is 53.6 Å². The SMILES string of the molecule is C=CCN(CC=C)C(=O)C(=O)Nc1ccc([N+](=O)[O-])cc1OC. The van der Waals surface area contributed by atoms with Gasteiger partial charge < -0.3 is 15.0 Å². The minimum absolute atomic E-state index is 0.0827. The van der Waals surface area contributed by atoms with E-state index in [0.29, 0.717) is 0 Å². The number of carbonyl (C=O) groups is 2. The zero-order valence-corrected chi connectivity index (χ0v) is 12.7. The van der Waals surface area contributed by atoms with E-state index >= 15 is 0 Å². The maximum Gasteiger partial charge on any atom is 0.314 e. The van der Waals surface area contributed by atoms with Crippen LogP contribution in [0.4, 0.5) is 11.4 Å². The number of carbonyl (C=O) groups excluding carboxylic acids is 2. The number of hydrogen-bond donors (Lipinski definition) is 1. The van der Waals surface area contributed by atoms with Crippen LogP contribution in [0.15, 0.2) is 43.5 Å². The van der Waals surface area contributed by atoms with Gasteiger partial charge in [-0.05, 0) is 6.07 Å². The molecule has 0 bridgehead atoms. The molecule has 1 N–H and O–H groups in total. The molecule has 8 heteroatoms. The number of non-ortho nitro benzene ring substituents is 1. The first kappa shape index (κ1) is 17.9. The van der Waals surface area contributed by atoms with E-state index in [-0.39, 0.29) is 30.2 Å². The van der Waals surface area contributed by atoms with Crippen molar-refractivity contribution in [2.24, 2.45) is 0 Å². The molecular formula is C15H17N3O5. The van der Waals surface area contributed by atoms with E-state index in [9.17, 15) is 19.7 Å². The second-order valence-corrected chi connectivity index (χ2v) is 4.38. The van der Waals surface area contributed by atoms with E-state index in [1.807, 2.05) is 0 Å². The van der Waals surface area contributed by atoms with E-state index in [4.69, 9.17) is 4.74 Å². The number of nitro groups is 1. The van der Waals surface area contributed by atoms with E-state index < -0.39 is 16.7 Å². The van der Waals surface area contributed by atoms with Crippen molar-refractivity contribution in [2.75, 3.05) is 25.5 Å². The molecule has 0 heterocycles. The summed E-state index contributed by atoms with van der Waals surface area (Å²) in [4.78, 5) is 35.5. The Morgan fingerprint density at radius 3 is 2.43 bits per heavy atom. The van der Waals surface area contributed by atoms with Crippen molar-refractivity contribution in [2.45, 2.75) is 0 Å². The third kappa shape index (κ3) is 4.67. The highest BCUT2D eigenvalue weighted by molar-refractivity contribution is 6.39. The molecule has 0 atom stereocenters. The Morgan fingerprint density at radius 1 is 1.35 bits per heavy atom. The van der Waals surface area contributed by atoms with Gasteiger partial charge in [0, 0.05) is 19.2 Å². The summed E-state index contributed by atoms with van der Waals surface area (Å²) in [5, 5.41) is 13.1. The van der Waals surface area contributed by atoms with Crippen LogP contribution in [0.25, 0.3) is 0 Å². The van der Waals surface area contributed by atoms with Crippen molar-refractivity contribution in [1.82, 2.24) is 4.90 Å². The van der Waals surface area contributed by atoms with Crippen LogP contribution in [0.1, 0.15) is 0 Å². The van der Waals surface area contributed by atoms with Gasteiger partial charge in [0.25, 0.3) is 5.69 Å². The quantitative estimate of drug-likeness (QED) is 0.357. The van der Waals surface area contributed by atoms with E-state index in [2.05, 4.69) is 18.5 Å². The fourth-order valence-electron chi connectivity index (χ4n) is 1.77. The lowest BCUT2D eigenvalue weighted by Crippen LogP contribution is -2.39. The molecule has 0 radical (unpaired) electrons. The predicted molar refractivity (Wildman–Crippen MR) is 85.3 cm³/mol. The number of benzene rings is 1. The van der Waals surface area contributed by atoms with Crippen molar-refractivity contribution in [1.29, 1.82) is 0 Å². The summed E-state index contributed by atoms with van der Waals surface area (Å²) in [5.41, 5.74) is -0.0280. The van der Waals surface area contributed by atoms with E-state index in [1.165, 1.54) is 36.3 Å². The second kappa shape index (κ2) is 8.32. The molecule has 2 amide bonds. The van der Waals surface area contributed by atoms with Crippen LogP contribution < -0.4 is 10.1 Å². The van der Waals surface area contributed by atoms with Crippen molar-refractivity contribution >= 4 is 23.2 Å². The number of hydrogen-bond acceptors (Lipinski definition) is 5. The molecule has 0 saturated carbocycles. The Hall–Kier alpha value is -3.16. The molecule has 0 unspecified atom stereocenters. The predicted octanol–water partition coefficient (Wildman–Crippen LogP) is 1.74. The Balaban J connectivity index is 2.95. The van der Waals surface area contributed by atoms with Crippen LogP contribution >= 0.6 is 0 Å². The molecule has 8 nitrogen and oxygen atoms in total. The topological polar surface area (TPSA) is 102 Å². The van der Waals surface area contributed by atoms with Crippen LogP contribution in [-0.4, -0.2) is 41.8 Å². The Morgan fingerprint density at radius 2 is 1.96 bits per heavy atom. The fraction of sp³-hybridized carbons (Fsp3) is 0.200. The number of ether oxygens (including phenoxy) is 1. The first-order valence-electron chi connectivity index (χ1n) is 6.59. The first-order valence-corrected chi connectivity index (χ1v) is 6.59. The smallest absolute Gasteiger partial charge is 0.314 e. The third-order valence-electron chi connectivity index (χ3n) is 2.82. The number of nitrogens with one attached hydrogen (secondary N) is 1. The molecule has 0 fully saturated rings. The summed E-state index contributed by atoms with van der Waals surface area (Å²) in [6.07, 6.45) is 2.97. The zero-order chi connectivity index (χ0) is 17.4. The highest BCUT2D eigenvalue weighted by Gasteiger charge is 2.22. The second-order valence-electron chi connectivity index (χ2n) is 4.38. The van der Waals surface area contributed by atoms with E-state index in [1.54, 1.807) is 0 Å². The van der Waals surface area contributed by atoms with Crippen molar-refractivity contribution < 1.29 is 19.2 Å². The van der Waals surface area contributed by atoms with Crippen molar-refractivity contribution in [3.63, 3.8) is 0 Å². The lowest BCUT2D eigenvalue weighted by Gasteiger charge is -2.18. The van der Waals surface area contributed by atoms with Gasteiger partial charge in [0.2, 0.25) is 0 Å². The number of anilines is 1. The lowest BCUT2D eigenvalue weighted by molar-refractivity contribution is -0.384. The van der Waals surface area contributed by atoms with Crippen LogP contribution in [0.5, 0.6) is 5.75 Å². The number of nitrogens with zero attached hydrogens (tertiary/aromatic N) is 2. The summed E-state index contributed by atoms with van der Waals surface area (Å²) in [5.74, 6) is -1.58. The van der Waals surface area contributed by atoms with Crippen LogP contribution in [0.3, 0.4) is 0 Å². The first-order chi connectivity index (χ1) is 10.9. The molecule has 0 saturated heterocycles. The van der Waals surface area contributed by atoms with Crippen molar-refractivity contribution in [3.8, 4) is 5.75 Å². The minimum atomic E-state index is -0.888.